The number of fused-ring (bicyclic) bond motifs is 8. The van der Waals surface area contributed by atoms with Gasteiger partial charge in [0.25, 0.3) is 0 Å². The molecule has 1 N–H and O–H groups in total. The van der Waals surface area contributed by atoms with Gasteiger partial charge in [-0.1, -0.05) is 91.0 Å². The maximum absolute atomic E-state index is 6.23. The van der Waals surface area contributed by atoms with Crippen LogP contribution in [-0.4, -0.2) is 17.9 Å². The van der Waals surface area contributed by atoms with Crippen LogP contribution in [0.2, 0.25) is 0 Å². The Balaban J connectivity index is 1.34. The van der Waals surface area contributed by atoms with Gasteiger partial charge in [-0.2, -0.15) is 0 Å². The molecule has 0 bridgehead atoms. The minimum absolute atomic E-state index is 0.368. The van der Waals surface area contributed by atoms with E-state index in [4.69, 9.17) is 14.4 Å². The first-order valence-electron chi connectivity index (χ1n) is 13.7. The molecule has 0 spiro atoms. The summed E-state index contributed by atoms with van der Waals surface area (Å²) >= 11 is 0. The van der Waals surface area contributed by atoms with Crippen LogP contribution in [0.3, 0.4) is 0 Å². The van der Waals surface area contributed by atoms with Crippen molar-refractivity contribution in [2.75, 3.05) is 0 Å². The molecule has 2 aliphatic heterocycles. The van der Waals surface area contributed by atoms with Gasteiger partial charge in [-0.3, -0.25) is 4.99 Å². The summed E-state index contributed by atoms with van der Waals surface area (Å²) in [6.45, 7) is 0. The van der Waals surface area contributed by atoms with E-state index in [2.05, 4.69) is 77.0 Å². The molecule has 0 aliphatic carbocycles. The number of hydrogen-bond donors (Lipinski definition) is 1. The van der Waals surface area contributed by atoms with E-state index in [-0.39, 0.29) is 6.17 Å². The Morgan fingerprint density at radius 2 is 1.46 bits per heavy atom. The molecule has 192 valence electrons. The van der Waals surface area contributed by atoms with Crippen LogP contribution in [0.4, 0.5) is 5.69 Å². The van der Waals surface area contributed by atoms with Gasteiger partial charge in [0.05, 0.1) is 5.69 Å². The highest BCUT2D eigenvalue weighted by Crippen LogP contribution is 2.40. The summed E-state index contributed by atoms with van der Waals surface area (Å²) in [4.78, 5) is 15.0. The predicted molar refractivity (Wildman–Crippen MR) is 168 cm³/mol. The number of amidine groups is 2. The van der Waals surface area contributed by atoms with Crippen molar-refractivity contribution in [3.63, 3.8) is 0 Å². The van der Waals surface area contributed by atoms with Gasteiger partial charge in [0.1, 0.15) is 23.2 Å². The second kappa shape index (κ2) is 8.47. The topological polar surface area (TPSA) is 62.2 Å². The normalized spacial score (nSPS) is 16.0. The minimum Gasteiger partial charge on any atom is -0.456 e. The first-order chi connectivity index (χ1) is 20.3. The quantitative estimate of drug-likeness (QED) is 0.235. The third-order valence-corrected chi connectivity index (χ3v) is 8.14. The first kappa shape index (κ1) is 22.3. The number of nitrogens with one attached hydrogen (secondary N) is 1. The minimum atomic E-state index is -0.368. The van der Waals surface area contributed by atoms with Gasteiger partial charge >= 0.3 is 0 Å². The lowest BCUT2D eigenvalue weighted by Crippen LogP contribution is -2.33. The molecule has 6 aromatic carbocycles. The van der Waals surface area contributed by atoms with Crippen LogP contribution in [-0.2, 0) is 0 Å². The van der Waals surface area contributed by atoms with Crippen LogP contribution in [0.5, 0.6) is 0 Å². The molecule has 1 unspecified atom stereocenters. The predicted octanol–water partition coefficient (Wildman–Crippen LogP) is 8.45. The van der Waals surface area contributed by atoms with Crippen molar-refractivity contribution in [3.8, 4) is 0 Å². The van der Waals surface area contributed by atoms with E-state index in [1.54, 1.807) is 0 Å². The van der Waals surface area contributed by atoms with Gasteiger partial charge in [-0.05, 0) is 40.4 Å². The van der Waals surface area contributed by atoms with Crippen molar-refractivity contribution in [1.82, 2.24) is 5.32 Å². The zero-order valence-electron chi connectivity index (χ0n) is 21.9. The fourth-order valence-electron chi connectivity index (χ4n) is 6.21. The third-order valence-electron chi connectivity index (χ3n) is 8.14. The highest BCUT2D eigenvalue weighted by Gasteiger charge is 2.27. The summed E-state index contributed by atoms with van der Waals surface area (Å²) in [6.07, 6.45) is 1.59. The summed E-state index contributed by atoms with van der Waals surface area (Å²) in [5, 5.41) is 10.5. The molecule has 0 saturated heterocycles. The average molecular weight is 527 g/mol. The standard InChI is InChI=1S/C36H22N4O/c1-2-9-21(10-3-1)34-38-35(26-14-8-16-31-33(26)25-13-6-7-15-30(25)41-31)40-36(39-34)27-19-22-11-4-5-12-23(22)24-17-18-29-28(20-37-29)32(24)27/h1-20,35H,(H,38,39,40). The van der Waals surface area contributed by atoms with E-state index in [1.807, 2.05) is 54.7 Å². The number of nitrogens with zero attached hydrogens (tertiary/aromatic N) is 3. The summed E-state index contributed by atoms with van der Waals surface area (Å²) in [7, 11) is 0. The van der Waals surface area contributed by atoms with Crippen molar-refractivity contribution < 1.29 is 4.42 Å². The van der Waals surface area contributed by atoms with Crippen LogP contribution in [0, 0.1) is 0 Å². The smallest absolute Gasteiger partial charge is 0.160 e. The van der Waals surface area contributed by atoms with Gasteiger partial charge in [-0.25, -0.2) is 9.98 Å². The molecule has 5 nitrogen and oxygen atoms in total. The van der Waals surface area contributed by atoms with Crippen molar-refractivity contribution in [2.24, 2.45) is 15.0 Å². The van der Waals surface area contributed by atoms with Crippen molar-refractivity contribution >= 4 is 67.1 Å². The van der Waals surface area contributed by atoms with E-state index in [9.17, 15) is 0 Å². The Kier molecular flexibility index (Phi) is 4.61. The lowest BCUT2D eigenvalue weighted by Gasteiger charge is -2.25. The maximum atomic E-state index is 6.23. The molecule has 0 saturated carbocycles. The average Bonchev–Trinajstić information content (AvgIpc) is 3.40. The molecule has 1 aromatic heterocycles. The monoisotopic (exact) mass is 526 g/mol. The zero-order chi connectivity index (χ0) is 26.9. The number of para-hydroxylation sites is 1. The highest BCUT2D eigenvalue weighted by molar-refractivity contribution is 6.27. The highest BCUT2D eigenvalue weighted by atomic mass is 16.3. The first-order valence-corrected chi connectivity index (χ1v) is 13.7. The molecular weight excluding hydrogens is 504 g/mol. The fourth-order valence-corrected chi connectivity index (χ4v) is 6.21. The van der Waals surface area contributed by atoms with Gasteiger partial charge in [0, 0.05) is 44.6 Å². The van der Waals surface area contributed by atoms with E-state index < -0.39 is 0 Å². The summed E-state index contributed by atoms with van der Waals surface area (Å²) in [5.74, 6) is 1.48. The number of furan rings is 1. The fraction of sp³-hybridized carbons (Fsp3) is 0.0278. The van der Waals surface area contributed by atoms with E-state index >= 15 is 0 Å². The Labute approximate surface area is 235 Å². The number of rotatable bonds is 3. The molecule has 41 heavy (non-hydrogen) atoms. The van der Waals surface area contributed by atoms with Crippen LogP contribution in [0.15, 0.2) is 135 Å². The largest absolute Gasteiger partial charge is 0.456 e. The number of hydrogen-bond acceptors (Lipinski definition) is 5. The molecule has 9 rings (SSSR count). The molecule has 0 radical (unpaired) electrons. The Morgan fingerprint density at radius 1 is 0.659 bits per heavy atom. The van der Waals surface area contributed by atoms with Crippen molar-refractivity contribution in [3.05, 3.63) is 138 Å². The van der Waals surface area contributed by atoms with Gasteiger partial charge < -0.3 is 9.73 Å². The summed E-state index contributed by atoms with van der Waals surface area (Å²) in [5.41, 5.74) is 6.92. The van der Waals surface area contributed by atoms with E-state index in [0.717, 1.165) is 66.5 Å². The lowest BCUT2D eigenvalue weighted by molar-refractivity contribution is 0.662. The molecule has 2 aliphatic rings. The molecule has 0 amide bonds. The Hall–Kier alpha value is -5.55. The summed E-state index contributed by atoms with van der Waals surface area (Å²) in [6, 6.07) is 39.6. The third kappa shape index (κ3) is 3.33. The van der Waals surface area contributed by atoms with E-state index in [0.29, 0.717) is 5.84 Å². The van der Waals surface area contributed by atoms with E-state index in [1.165, 1.54) is 10.8 Å². The van der Waals surface area contributed by atoms with Crippen molar-refractivity contribution in [1.29, 1.82) is 0 Å². The van der Waals surface area contributed by atoms with Crippen molar-refractivity contribution in [2.45, 2.75) is 6.17 Å². The van der Waals surface area contributed by atoms with Crippen LogP contribution in [0.1, 0.15) is 28.4 Å². The Bertz CT molecular complexity index is 2290. The zero-order valence-corrected chi connectivity index (χ0v) is 21.9. The van der Waals surface area contributed by atoms with Gasteiger partial charge in [0.15, 0.2) is 5.84 Å². The lowest BCUT2D eigenvalue weighted by atomic mass is 9.91. The van der Waals surface area contributed by atoms with Crippen LogP contribution < -0.4 is 5.32 Å². The maximum Gasteiger partial charge on any atom is 0.160 e. The second-order valence-corrected chi connectivity index (χ2v) is 10.5. The number of benzene rings is 6. The molecule has 0 fully saturated rings. The molecular formula is C36H22N4O. The van der Waals surface area contributed by atoms with Crippen LogP contribution >= 0.6 is 0 Å². The molecule has 1 atom stereocenters. The molecule has 5 heteroatoms. The van der Waals surface area contributed by atoms with Crippen LogP contribution in [0.25, 0.3) is 43.5 Å². The number of aliphatic imine (C=N–C) groups is 3. The SMILES string of the molecule is C1=Nc2ccc3c(c(C4=NC(c5cccc6oc7ccccc7c56)NC(c5ccccc5)=N4)cc4ccccc43)c21. The van der Waals surface area contributed by atoms with Gasteiger partial charge in [0.2, 0.25) is 0 Å². The second-order valence-electron chi connectivity index (χ2n) is 10.5. The molecule has 3 heterocycles. The Morgan fingerprint density at radius 3 is 2.34 bits per heavy atom. The summed E-state index contributed by atoms with van der Waals surface area (Å²) < 4.78 is 6.23. The van der Waals surface area contributed by atoms with Gasteiger partial charge in [-0.15, -0.1) is 0 Å². The molecule has 7 aromatic rings.